The largest absolute Gasteiger partial charge is 0.465 e. The van der Waals surface area contributed by atoms with Crippen LogP contribution >= 0.6 is 0 Å². The van der Waals surface area contributed by atoms with Gasteiger partial charge in [0.15, 0.2) is 0 Å². The van der Waals surface area contributed by atoms with E-state index in [2.05, 4.69) is 15.6 Å². The van der Waals surface area contributed by atoms with Crippen molar-refractivity contribution < 1.29 is 14.0 Å². The summed E-state index contributed by atoms with van der Waals surface area (Å²) >= 11 is 0. The van der Waals surface area contributed by atoms with Gasteiger partial charge in [-0.3, -0.25) is 9.59 Å². The van der Waals surface area contributed by atoms with E-state index in [1.807, 2.05) is 32.9 Å². The number of carbonyl (C=O) groups excluding carboxylic acids is 2. The monoisotopic (exact) mass is 299 g/mol. The molecule has 0 saturated heterocycles. The molecule has 0 spiro atoms. The molecule has 2 aromatic heterocycles. The number of rotatable bonds is 3. The second-order valence-electron chi connectivity index (χ2n) is 5.87. The Morgan fingerprint density at radius 3 is 2.77 bits per heavy atom. The fraction of sp³-hybridized carbons (Fsp3) is 0.312. The molecule has 1 aliphatic heterocycles. The number of hydrogen-bond acceptors (Lipinski definition) is 4. The average molecular weight is 299 g/mol. The highest BCUT2D eigenvalue weighted by atomic mass is 16.3. The summed E-state index contributed by atoms with van der Waals surface area (Å²) in [6, 6.07) is 7.05. The van der Waals surface area contributed by atoms with Gasteiger partial charge in [0.2, 0.25) is 5.91 Å². The van der Waals surface area contributed by atoms with Crippen LogP contribution in [-0.2, 0) is 16.8 Å². The zero-order valence-corrected chi connectivity index (χ0v) is 12.7. The Balaban J connectivity index is 1.75. The van der Waals surface area contributed by atoms with Gasteiger partial charge in [-0.15, -0.1) is 0 Å². The molecule has 0 atom stereocenters. The molecule has 6 nitrogen and oxygen atoms in total. The summed E-state index contributed by atoms with van der Waals surface area (Å²) in [4.78, 5) is 28.3. The van der Waals surface area contributed by atoms with E-state index < -0.39 is 5.41 Å². The Labute approximate surface area is 127 Å². The lowest BCUT2D eigenvalue weighted by Crippen LogP contribution is -2.26. The van der Waals surface area contributed by atoms with Gasteiger partial charge in [-0.25, -0.2) is 4.98 Å². The van der Waals surface area contributed by atoms with E-state index in [0.29, 0.717) is 18.1 Å². The number of pyridine rings is 1. The summed E-state index contributed by atoms with van der Waals surface area (Å²) in [5.74, 6) is 1.51. The first kappa shape index (κ1) is 14.3. The molecule has 0 unspecified atom stereocenters. The minimum absolute atomic E-state index is 0.112. The maximum atomic E-state index is 12.1. The zero-order valence-electron chi connectivity index (χ0n) is 12.7. The van der Waals surface area contributed by atoms with Crippen LogP contribution in [0.25, 0.3) is 0 Å². The molecular formula is C16H17N3O3. The molecule has 0 fully saturated rings. The Bertz CT molecular complexity index is 762. The van der Waals surface area contributed by atoms with Crippen molar-refractivity contribution in [2.75, 3.05) is 5.32 Å². The predicted octanol–water partition coefficient (Wildman–Crippen LogP) is 2.14. The van der Waals surface area contributed by atoms with Crippen LogP contribution in [-0.4, -0.2) is 16.8 Å². The van der Waals surface area contributed by atoms with Gasteiger partial charge in [-0.2, -0.15) is 0 Å². The molecule has 1 aliphatic rings. The van der Waals surface area contributed by atoms with Crippen molar-refractivity contribution in [3.05, 3.63) is 47.0 Å². The average Bonchev–Trinajstić information content (AvgIpc) is 2.98. The van der Waals surface area contributed by atoms with Gasteiger partial charge in [0.1, 0.15) is 23.0 Å². The fourth-order valence-corrected chi connectivity index (χ4v) is 2.41. The van der Waals surface area contributed by atoms with Crippen molar-refractivity contribution >= 4 is 17.6 Å². The van der Waals surface area contributed by atoms with Gasteiger partial charge in [0, 0.05) is 5.56 Å². The first-order valence-corrected chi connectivity index (χ1v) is 7.04. The van der Waals surface area contributed by atoms with Gasteiger partial charge in [0.05, 0.1) is 12.0 Å². The fourth-order valence-electron chi connectivity index (χ4n) is 2.41. The Morgan fingerprint density at radius 1 is 1.32 bits per heavy atom. The molecule has 22 heavy (non-hydrogen) atoms. The summed E-state index contributed by atoms with van der Waals surface area (Å²) in [6.07, 6.45) is 0. The summed E-state index contributed by atoms with van der Waals surface area (Å²) in [5, 5.41) is 5.46. The highest BCUT2D eigenvalue weighted by Gasteiger charge is 2.39. The smallest absolute Gasteiger partial charge is 0.270 e. The number of nitrogens with one attached hydrogen (secondary N) is 2. The second kappa shape index (κ2) is 4.98. The van der Waals surface area contributed by atoms with Crippen LogP contribution < -0.4 is 10.6 Å². The number of amides is 2. The number of fused-ring (bicyclic) bond motifs is 1. The molecule has 0 bridgehead atoms. The SMILES string of the molecule is Cc1ccc(CNC(=O)c2ccc3c(n2)NC(=O)C3(C)C)o1. The molecular weight excluding hydrogens is 282 g/mol. The third kappa shape index (κ3) is 2.36. The van der Waals surface area contributed by atoms with E-state index in [1.165, 1.54) is 0 Å². The van der Waals surface area contributed by atoms with E-state index >= 15 is 0 Å². The Kier molecular flexibility index (Phi) is 3.24. The van der Waals surface area contributed by atoms with Crippen molar-refractivity contribution in [3.8, 4) is 0 Å². The molecule has 0 aliphatic carbocycles. The standard InChI is InChI=1S/C16H17N3O3/c1-9-4-5-10(22-9)8-17-14(20)12-7-6-11-13(18-12)19-15(21)16(11,2)3/h4-7H,8H2,1-3H3,(H,17,20)(H,18,19,21). The number of nitrogens with zero attached hydrogens (tertiary/aromatic N) is 1. The summed E-state index contributed by atoms with van der Waals surface area (Å²) in [6.45, 7) is 5.80. The first-order valence-electron chi connectivity index (χ1n) is 7.04. The number of aromatic nitrogens is 1. The van der Waals surface area contributed by atoms with Crippen molar-refractivity contribution in [1.29, 1.82) is 0 Å². The van der Waals surface area contributed by atoms with Crippen molar-refractivity contribution in [2.45, 2.75) is 32.7 Å². The predicted molar refractivity (Wildman–Crippen MR) is 80.5 cm³/mol. The molecule has 2 N–H and O–H groups in total. The molecule has 2 aromatic rings. The molecule has 114 valence electrons. The van der Waals surface area contributed by atoms with Crippen LogP contribution in [0, 0.1) is 6.92 Å². The highest BCUT2D eigenvalue weighted by molar-refractivity contribution is 6.05. The lowest BCUT2D eigenvalue weighted by atomic mass is 9.87. The topological polar surface area (TPSA) is 84.2 Å². The Hall–Kier alpha value is -2.63. The molecule has 0 radical (unpaired) electrons. The molecule has 0 aromatic carbocycles. The first-order chi connectivity index (χ1) is 10.4. The van der Waals surface area contributed by atoms with Crippen LogP contribution in [0.5, 0.6) is 0 Å². The third-order valence-electron chi connectivity index (χ3n) is 3.82. The number of aryl methyl sites for hydroxylation is 1. The normalized spacial score (nSPS) is 15.3. The maximum absolute atomic E-state index is 12.1. The number of furan rings is 1. The van der Waals surface area contributed by atoms with E-state index in [9.17, 15) is 9.59 Å². The van der Waals surface area contributed by atoms with Gasteiger partial charge in [-0.1, -0.05) is 6.07 Å². The van der Waals surface area contributed by atoms with Crippen LogP contribution in [0.3, 0.4) is 0 Å². The number of hydrogen-bond donors (Lipinski definition) is 2. The van der Waals surface area contributed by atoms with Crippen LogP contribution in [0.15, 0.2) is 28.7 Å². The summed E-state index contributed by atoms with van der Waals surface area (Å²) in [5.41, 5.74) is 0.444. The van der Waals surface area contributed by atoms with Crippen molar-refractivity contribution in [1.82, 2.24) is 10.3 Å². The molecule has 2 amide bonds. The van der Waals surface area contributed by atoms with Crippen molar-refractivity contribution in [3.63, 3.8) is 0 Å². The molecule has 6 heteroatoms. The van der Waals surface area contributed by atoms with Crippen LogP contribution in [0.2, 0.25) is 0 Å². The van der Waals surface area contributed by atoms with Gasteiger partial charge >= 0.3 is 0 Å². The summed E-state index contributed by atoms with van der Waals surface area (Å²) in [7, 11) is 0. The van der Waals surface area contributed by atoms with Crippen LogP contribution in [0.4, 0.5) is 5.82 Å². The summed E-state index contributed by atoms with van der Waals surface area (Å²) < 4.78 is 5.39. The van der Waals surface area contributed by atoms with E-state index in [4.69, 9.17) is 4.42 Å². The van der Waals surface area contributed by atoms with E-state index in [0.717, 1.165) is 11.3 Å². The Morgan fingerprint density at radius 2 is 2.09 bits per heavy atom. The molecule has 0 saturated carbocycles. The van der Waals surface area contributed by atoms with Crippen LogP contribution in [0.1, 0.15) is 41.4 Å². The minimum atomic E-state index is -0.622. The molecule has 3 rings (SSSR count). The maximum Gasteiger partial charge on any atom is 0.270 e. The minimum Gasteiger partial charge on any atom is -0.465 e. The van der Waals surface area contributed by atoms with Gasteiger partial charge in [0.25, 0.3) is 5.91 Å². The van der Waals surface area contributed by atoms with E-state index in [-0.39, 0.29) is 17.5 Å². The van der Waals surface area contributed by atoms with E-state index in [1.54, 1.807) is 12.1 Å². The second-order valence-corrected chi connectivity index (χ2v) is 5.87. The zero-order chi connectivity index (χ0) is 15.9. The number of anilines is 1. The quantitative estimate of drug-likeness (QED) is 0.909. The third-order valence-corrected chi connectivity index (χ3v) is 3.82. The van der Waals surface area contributed by atoms with Gasteiger partial charge < -0.3 is 15.1 Å². The lowest BCUT2D eigenvalue weighted by molar-refractivity contribution is -0.119. The van der Waals surface area contributed by atoms with Gasteiger partial charge in [-0.05, 0) is 39.0 Å². The van der Waals surface area contributed by atoms with Crippen molar-refractivity contribution in [2.24, 2.45) is 0 Å². The lowest BCUT2D eigenvalue weighted by Gasteiger charge is -2.14. The molecule has 3 heterocycles. The number of carbonyl (C=O) groups is 2. The highest BCUT2D eigenvalue weighted by Crippen LogP contribution is 2.35.